The summed E-state index contributed by atoms with van der Waals surface area (Å²) >= 11 is 0. The van der Waals surface area contributed by atoms with Crippen LogP contribution in [0.15, 0.2) is 24.3 Å². The summed E-state index contributed by atoms with van der Waals surface area (Å²) in [5, 5.41) is 4.54. The number of urea groups is 1. The molecule has 2 saturated heterocycles. The van der Waals surface area contributed by atoms with Crippen LogP contribution in [0.5, 0.6) is 5.75 Å². The largest absolute Gasteiger partial charge is 0.497 e. The Morgan fingerprint density at radius 2 is 2.06 bits per heavy atom. The van der Waals surface area contributed by atoms with Crippen LogP contribution in [-0.2, 0) is 16.1 Å². The van der Waals surface area contributed by atoms with Crippen molar-refractivity contribution in [1.29, 1.82) is 0 Å². The highest BCUT2D eigenvalue weighted by molar-refractivity contribution is 5.86. The highest BCUT2D eigenvalue weighted by Crippen LogP contribution is 2.38. The standard InChI is InChI=1S/C24H35N5O4/c1-4-16(2)25-21(30)12-13-27-22(31)19-10-5-6-11-20(19)29-23(27)26-28(24(29)32)15-17-8-7-9-18(14-17)33-3/h7-9,14,16,19-20,23,26H,4-6,10-13,15H2,1-3H3,(H,25,30). The van der Waals surface area contributed by atoms with E-state index >= 15 is 0 Å². The number of ether oxygens (including phenoxy) is 1. The summed E-state index contributed by atoms with van der Waals surface area (Å²) in [5.41, 5.74) is 4.19. The highest BCUT2D eigenvalue weighted by atomic mass is 16.5. The van der Waals surface area contributed by atoms with Crippen molar-refractivity contribution in [2.45, 2.75) is 77.3 Å². The number of nitrogens with one attached hydrogen (secondary N) is 2. The molecule has 0 aromatic heterocycles. The molecule has 1 aromatic rings. The molecule has 0 spiro atoms. The molecule has 1 saturated carbocycles. The number of methoxy groups -OCH3 is 1. The van der Waals surface area contributed by atoms with Crippen molar-refractivity contribution >= 4 is 17.8 Å². The second-order valence-corrected chi connectivity index (χ2v) is 9.25. The Hall–Kier alpha value is -2.81. The number of amides is 4. The molecule has 4 rings (SSSR count). The summed E-state index contributed by atoms with van der Waals surface area (Å²) in [5.74, 6) is 0.497. The summed E-state index contributed by atoms with van der Waals surface area (Å²) in [6.07, 6.45) is 4.11. The Morgan fingerprint density at radius 3 is 2.82 bits per heavy atom. The quantitative estimate of drug-likeness (QED) is 0.625. The van der Waals surface area contributed by atoms with E-state index in [1.807, 2.05) is 43.0 Å². The van der Waals surface area contributed by atoms with Gasteiger partial charge < -0.3 is 15.0 Å². The third-order valence-corrected chi connectivity index (χ3v) is 7.04. The minimum atomic E-state index is -0.564. The molecule has 180 valence electrons. The second-order valence-electron chi connectivity index (χ2n) is 9.25. The molecular weight excluding hydrogens is 422 g/mol. The first-order valence-corrected chi connectivity index (χ1v) is 12.0. The van der Waals surface area contributed by atoms with Gasteiger partial charge in [-0.15, -0.1) is 0 Å². The molecule has 3 fully saturated rings. The van der Waals surface area contributed by atoms with Gasteiger partial charge in [-0.2, -0.15) is 5.43 Å². The predicted molar refractivity (Wildman–Crippen MR) is 123 cm³/mol. The lowest BCUT2D eigenvalue weighted by molar-refractivity contribution is -0.156. The molecule has 2 N–H and O–H groups in total. The highest BCUT2D eigenvalue weighted by Gasteiger charge is 2.54. The normalized spacial score (nSPS) is 25.5. The first-order valence-electron chi connectivity index (χ1n) is 12.0. The first-order chi connectivity index (χ1) is 15.9. The molecule has 4 atom stereocenters. The number of carbonyl (C=O) groups excluding carboxylic acids is 3. The van der Waals surface area contributed by atoms with E-state index in [-0.39, 0.29) is 48.8 Å². The third kappa shape index (κ3) is 4.78. The molecule has 4 amide bonds. The van der Waals surface area contributed by atoms with Gasteiger partial charge in [-0.25, -0.2) is 4.79 Å². The minimum Gasteiger partial charge on any atom is -0.497 e. The van der Waals surface area contributed by atoms with Gasteiger partial charge in [0.05, 0.1) is 19.6 Å². The van der Waals surface area contributed by atoms with Crippen LogP contribution in [0.2, 0.25) is 0 Å². The van der Waals surface area contributed by atoms with Crippen molar-refractivity contribution in [1.82, 2.24) is 25.6 Å². The smallest absolute Gasteiger partial charge is 0.337 e. The summed E-state index contributed by atoms with van der Waals surface area (Å²) in [7, 11) is 1.61. The van der Waals surface area contributed by atoms with Crippen LogP contribution >= 0.6 is 0 Å². The molecule has 2 heterocycles. The summed E-state index contributed by atoms with van der Waals surface area (Å²) < 4.78 is 5.31. The fourth-order valence-corrected chi connectivity index (χ4v) is 5.08. The van der Waals surface area contributed by atoms with Crippen molar-refractivity contribution in [2.75, 3.05) is 13.7 Å². The average Bonchev–Trinajstić information content (AvgIpc) is 3.14. The fourth-order valence-electron chi connectivity index (χ4n) is 5.08. The zero-order chi connectivity index (χ0) is 23.5. The van der Waals surface area contributed by atoms with Gasteiger partial charge in [-0.05, 0) is 43.9 Å². The molecule has 33 heavy (non-hydrogen) atoms. The SMILES string of the molecule is CCC(C)NC(=O)CCN1C(=O)C2CCCCC2N2C(=O)N(Cc3cccc(OC)c3)NC12. The number of rotatable bonds is 8. The van der Waals surface area contributed by atoms with Crippen molar-refractivity contribution in [3.05, 3.63) is 29.8 Å². The van der Waals surface area contributed by atoms with Gasteiger partial charge in [0.2, 0.25) is 11.8 Å². The van der Waals surface area contributed by atoms with Crippen molar-refractivity contribution in [3.8, 4) is 5.75 Å². The van der Waals surface area contributed by atoms with Crippen molar-refractivity contribution < 1.29 is 19.1 Å². The fraction of sp³-hybridized carbons (Fsp3) is 0.625. The van der Waals surface area contributed by atoms with Crippen LogP contribution in [0.4, 0.5) is 4.79 Å². The van der Waals surface area contributed by atoms with Gasteiger partial charge in [0.15, 0.2) is 6.29 Å². The van der Waals surface area contributed by atoms with Gasteiger partial charge in [-0.3, -0.25) is 19.5 Å². The third-order valence-electron chi connectivity index (χ3n) is 7.04. The minimum absolute atomic E-state index is 0.0424. The van der Waals surface area contributed by atoms with Crippen molar-refractivity contribution in [2.24, 2.45) is 5.92 Å². The molecule has 1 aliphatic carbocycles. The zero-order valence-electron chi connectivity index (χ0n) is 19.8. The molecule has 9 heteroatoms. The molecule has 1 aromatic carbocycles. The number of fused-ring (bicyclic) bond motifs is 3. The first kappa shape index (κ1) is 23.4. The maximum atomic E-state index is 13.5. The zero-order valence-corrected chi connectivity index (χ0v) is 19.8. The van der Waals surface area contributed by atoms with E-state index < -0.39 is 6.29 Å². The van der Waals surface area contributed by atoms with Gasteiger partial charge in [0, 0.05) is 25.0 Å². The average molecular weight is 458 g/mol. The topological polar surface area (TPSA) is 94.2 Å². The lowest BCUT2D eigenvalue weighted by Crippen LogP contribution is -2.66. The van der Waals surface area contributed by atoms with Gasteiger partial charge in [-0.1, -0.05) is 31.9 Å². The van der Waals surface area contributed by atoms with Crippen LogP contribution < -0.4 is 15.5 Å². The molecule has 0 bridgehead atoms. The van der Waals surface area contributed by atoms with E-state index in [0.717, 1.165) is 43.4 Å². The number of benzene rings is 1. The number of hydrogen-bond donors (Lipinski definition) is 2. The van der Waals surface area contributed by atoms with Crippen LogP contribution in [-0.4, -0.2) is 64.7 Å². The molecular formula is C24H35N5O4. The Labute approximate surface area is 195 Å². The van der Waals surface area contributed by atoms with E-state index in [0.29, 0.717) is 6.54 Å². The van der Waals surface area contributed by atoms with Gasteiger partial charge >= 0.3 is 6.03 Å². The summed E-state index contributed by atoms with van der Waals surface area (Å²) in [4.78, 5) is 42.8. The molecule has 3 aliphatic rings. The maximum Gasteiger partial charge on any atom is 0.337 e. The summed E-state index contributed by atoms with van der Waals surface area (Å²) in [6.45, 7) is 4.62. The molecule has 0 radical (unpaired) electrons. The van der Waals surface area contributed by atoms with Crippen LogP contribution in [0.3, 0.4) is 0 Å². The summed E-state index contributed by atoms with van der Waals surface area (Å²) in [6, 6.07) is 7.48. The predicted octanol–water partition coefficient (Wildman–Crippen LogP) is 2.43. The van der Waals surface area contributed by atoms with Crippen LogP contribution in [0, 0.1) is 5.92 Å². The van der Waals surface area contributed by atoms with Crippen molar-refractivity contribution in [3.63, 3.8) is 0 Å². The molecule has 4 unspecified atom stereocenters. The maximum absolute atomic E-state index is 13.5. The second kappa shape index (κ2) is 9.99. The van der Waals surface area contributed by atoms with E-state index in [4.69, 9.17) is 4.74 Å². The number of hydrogen-bond acceptors (Lipinski definition) is 5. The number of hydrazine groups is 1. The Morgan fingerprint density at radius 1 is 1.27 bits per heavy atom. The van der Waals surface area contributed by atoms with Gasteiger partial charge in [0.25, 0.3) is 0 Å². The Bertz CT molecular complexity index is 893. The van der Waals surface area contributed by atoms with E-state index in [1.54, 1.807) is 17.0 Å². The van der Waals surface area contributed by atoms with Gasteiger partial charge in [0.1, 0.15) is 5.75 Å². The lowest BCUT2D eigenvalue weighted by atomic mass is 9.81. The van der Waals surface area contributed by atoms with E-state index in [2.05, 4.69) is 10.7 Å². The van der Waals surface area contributed by atoms with Crippen LogP contribution in [0.1, 0.15) is 57.9 Å². The lowest BCUT2D eigenvalue weighted by Gasteiger charge is -2.48. The molecule has 9 nitrogen and oxygen atoms in total. The number of carbonyl (C=O) groups is 3. The van der Waals surface area contributed by atoms with Crippen LogP contribution in [0.25, 0.3) is 0 Å². The monoisotopic (exact) mass is 457 g/mol. The molecule has 2 aliphatic heterocycles. The van der Waals surface area contributed by atoms with E-state index in [1.165, 1.54) is 0 Å². The Kier molecular flexibility index (Phi) is 7.07. The Balaban J connectivity index is 1.52. The van der Waals surface area contributed by atoms with E-state index in [9.17, 15) is 14.4 Å². The number of nitrogens with zero attached hydrogens (tertiary/aromatic N) is 3.